The summed E-state index contributed by atoms with van der Waals surface area (Å²) in [6.07, 6.45) is 0.890. The highest BCUT2D eigenvalue weighted by atomic mass is 16.2. The molecule has 1 N–H and O–H groups in total. The van der Waals surface area contributed by atoms with Gasteiger partial charge in [0, 0.05) is 26.2 Å². The lowest BCUT2D eigenvalue weighted by molar-refractivity contribution is -0.136. The molecule has 0 spiro atoms. The Bertz CT molecular complexity index is 488. The molecule has 0 fully saturated rings. The summed E-state index contributed by atoms with van der Waals surface area (Å²) < 4.78 is 0. The van der Waals surface area contributed by atoms with Crippen molar-refractivity contribution < 1.29 is 9.59 Å². The maximum absolute atomic E-state index is 12.4. The monoisotopic (exact) mass is 319 g/mol. The quantitative estimate of drug-likeness (QED) is 0.756. The van der Waals surface area contributed by atoms with Crippen LogP contribution in [0.15, 0.2) is 30.3 Å². The van der Waals surface area contributed by atoms with Crippen LogP contribution in [0.25, 0.3) is 0 Å². The fourth-order valence-corrected chi connectivity index (χ4v) is 2.16. The number of amides is 2. The number of carbonyl (C=O) groups is 2. The molecule has 23 heavy (non-hydrogen) atoms. The molecule has 5 nitrogen and oxygen atoms in total. The number of hydrogen-bond acceptors (Lipinski definition) is 3. The third kappa shape index (κ3) is 7.28. The van der Waals surface area contributed by atoms with E-state index in [1.54, 1.807) is 7.05 Å². The number of likely N-dealkylation sites (N-methyl/N-ethyl adjacent to an activating group) is 1. The lowest BCUT2D eigenvalue weighted by Gasteiger charge is -2.28. The molecule has 0 saturated heterocycles. The molecule has 1 rings (SSSR count). The van der Waals surface area contributed by atoms with Crippen LogP contribution in [0.5, 0.6) is 0 Å². The smallest absolute Gasteiger partial charge is 0.239 e. The Morgan fingerprint density at radius 2 is 1.78 bits per heavy atom. The molecule has 128 valence electrons. The molecule has 0 atom stereocenters. The van der Waals surface area contributed by atoms with Gasteiger partial charge in [0.1, 0.15) is 0 Å². The maximum Gasteiger partial charge on any atom is 0.239 e. The minimum absolute atomic E-state index is 0.0405. The van der Waals surface area contributed by atoms with Gasteiger partial charge >= 0.3 is 0 Å². The number of rotatable bonds is 9. The molecule has 0 aliphatic rings. The molecule has 0 aliphatic carbocycles. The topological polar surface area (TPSA) is 52.7 Å². The molecule has 0 radical (unpaired) electrons. The molecule has 0 bridgehead atoms. The van der Waals surface area contributed by atoms with Crippen LogP contribution in [-0.4, -0.2) is 54.3 Å². The minimum Gasteiger partial charge on any atom is -0.355 e. The largest absolute Gasteiger partial charge is 0.355 e. The van der Waals surface area contributed by atoms with Crippen LogP contribution in [0.4, 0.5) is 0 Å². The van der Waals surface area contributed by atoms with Crippen molar-refractivity contribution in [2.24, 2.45) is 0 Å². The summed E-state index contributed by atoms with van der Waals surface area (Å²) in [6, 6.07) is 10.3. The number of nitrogens with zero attached hydrogens (tertiary/aromatic N) is 2. The van der Waals surface area contributed by atoms with Gasteiger partial charge < -0.3 is 10.2 Å². The van der Waals surface area contributed by atoms with E-state index in [9.17, 15) is 9.59 Å². The van der Waals surface area contributed by atoms with Gasteiger partial charge in [-0.1, -0.05) is 37.3 Å². The average molecular weight is 319 g/mol. The second-order valence-corrected chi connectivity index (χ2v) is 6.08. The Morgan fingerprint density at radius 3 is 2.35 bits per heavy atom. The Kier molecular flexibility index (Phi) is 8.33. The van der Waals surface area contributed by atoms with E-state index in [4.69, 9.17) is 0 Å². The zero-order valence-electron chi connectivity index (χ0n) is 14.7. The Morgan fingerprint density at radius 1 is 1.13 bits per heavy atom. The fraction of sp³-hybridized carbons (Fsp3) is 0.556. The van der Waals surface area contributed by atoms with Crippen LogP contribution < -0.4 is 5.32 Å². The lowest BCUT2D eigenvalue weighted by atomic mass is 10.2. The van der Waals surface area contributed by atoms with Crippen molar-refractivity contribution in [1.29, 1.82) is 0 Å². The third-order valence-corrected chi connectivity index (χ3v) is 3.68. The molecular weight excluding hydrogens is 290 g/mol. The molecule has 2 amide bonds. The van der Waals surface area contributed by atoms with Crippen LogP contribution in [0.2, 0.25) is 0 Å². The summed E-state index contributed by atoms with van der Waals surface area (Å²) in [5, 5.41) is 2.79. The number of benzene rings is 1. The zero-order chi connectivity index (χ0) is 17.2. The zero-order valence-corrected chi connectivity index (χ0v) is 14.7. The van der Waals surface area contributed by atoms with E-state index in [0.29, 0.717) is 13.1 Å². The first-order chi connectivity index (χ1) is 10.9. The van der Waals surface area contributed by atoms with Crippen molar-refractivity contribution in [3.63, 3.8) is 0 Å². The van der Waals surface area contributed by atoms with Crippen LogP contribution in [0.3, 0.4) is 0 Å². The number of carbonyl (C=O) groups excluding carboxylic acids is 2. The van der Waals surface area contributed by atoms with Gasteiger partial charge in [-0.2, -0.15) is 0 Å². The molecule has 1 aromatic carbocycles. The molecular formula is C18H29N3O2. The van der Waals surface area contributed by atoms with Crippen LogP contribution in [0.1, 0.15) is 32.8 Å². The van der Waals surface area contributed by atoms with E-state index in [1.807, 2.05) is 25.1 Å². The highest BCUT2D eigenvalue weighted by Crippen LogP contribution is 2.08. The maximum atomic E-state index is 12.4. The van der Waals surface area contributed by atoms with Crippen molar-refractivity contribution in [2.75, 3.05) is 26.7 Å². The molecule has 0 unspecified atom stereocenters. The van der Waals surface area contributed by atoms with Gasteiger partial charge in [0.15, 0.2) is 0 Å². The highest BCUT2D eigenvalue weighted by Gasteiger charge is 2.18. The van der Waals surface area contributed by atoms with Crippen LogP contribution in [-0.2, 0) is 16.1 Å². The standard InChI is InChI=1S/C18H29N3O2/c1-5-11-19-17(22)13-20(4)18(23)14-21(15(2)3)12-16-9-7-6-8-10-16/h6-10,15H,5,11-14H2,1-4H3,(H,19,22). The van der Waals surface area contributed by atoms with Gasteiger partial charge in [0.25, 0.3) is 0 Å². The summed E-state index contributed by atoms with van der Waals surface area (Å²) in [4.78, 5) is 27.7. The second-order valence-electron chi connectivity index (χ2n) is 6.08. The van der Waals surface area contributed by atoms with Crippen molar-refractivity contribution in [3.8, 4) is 0 Å². The van der Waals surface area contributed by atoms with Crippen molar-refractivity contribution in [1.82, 2.24) is 15.1 Å². The number of nitrogens with one attached hydrogen (secondary N) is 1. The molecule has 0 aliphatic heterocycles. The van der Waals surface area contributed by atoms with Gasteiger partial charge in [-0.25, -0.2) is 0 Å². The minimum atomic E-state index is -0.109. The Labute approximate surface area is 139 Å². The van der Waals surface area contributed by atoms with Crippen molar-refractivity contribution in [2.45, 2.75) is 39.8 Å². The predicted molar refractivity (Wildman–Crippen MR) is 92.9 cm³/mol. The Hall–Kier alpha value is -1.88. The van der Waals surface area contributed by atoms with Gasteiger partial charge in [0.2, 0.25) is 11.8 Å². The van der Waals surface area contributed by atoms with E-state index in [-0.39, 0.29) is 24.4 Å². The molecule has 1 aromatic rings. The molecule has 0 saturated carbocycles. The summed E-state index contributed by atoms with van der Waals surface area (Å²) >= 11 is 0. The third-order valence-electron chi connectivity index (χ3n) is 3.68. The molecule has 5 heteroatoms. The SMILES string of the molecule is CCCNC(=O)CN(C)C(=O)CN(Cc1ccccc1)C(C)C. The van der Waals surface area contributed by atoms with Gasteiger partial charge in [0.05, 0.1) is 13.1 Å². The van der Waals surface area contributed by atoms with Gasteiger partial charge in [-0.3, -0.25) is 14.5 Å². The summed E-state index contributed by atoms with van der Waals surface area (Å²) in [5.74, 6) is -0.150. The predicted octanol–water partition coefficient (Wildman–Crippen LogP) is 1.88. The van der Waals surface area contributed by atoms with E-state index in [0.717, 1.165) is 13.0 Å². The van der Waals surface area contributed by atoms with E-state index < -0.39 is 0 Å². The fourth-order valence-electron chi connectivity index (χ4n) is 2.16. The normalized spacial score (nSPS) is 10.9. The average Bonchev–Trinajstić information content (AvgIpc) is 2.53. The van der Waals surface area contributed by atoms with Crippen LogP contribution >= 0.6 is 0 Å². The first kappa shape index (κ1) is 19.2. The van der Waals surface area contributed by atoms with Crippen molar-refractivity contribution in [3.05, 3.63) is 35.9 Å². The molecule has 0 heterocycles. The number of hydrogen-bond donors (Lipinski definition) is 1. The second kappa shape index (κ2) is 10.0. The Balaban J connectivity index is 2.55. The van der Waals surface area contributed by atoms with Gasteiger partial charge in [-0.05, 0) is 25.8 Å². The van der Waals surface area contributed by atoms with E-state index >= 15 is 0 Å². The van der Waals surface area contributed by atoms with Gasteiger partial charge in [-0.15, -0.1) is 0 Å². The summed E-state index contributed by atoms with van der Waals surface area (Å²) in [6.45, 7) is 7.93. The first-order valence-corrected chi connectivity index (χ1v) is 8.22. The molecule has 0 aromatic heterocycles. The van der Waals surface area contributed by atoms with Crippen molar-refractivity contribution >= 4 is 11.8 Å². The summed E-state index contributed by atoms with van der Waals surface area (Å²) in [7, 11) is 1.68. The highest BCUT2D eigenvalue weighted by molar-refractivity contribution is 5.85. The lowest BCUT2D eigenvalue weighted by Crippen LogP contribution is -2.44. The summed E-state index contributed by atoms with van der Waals surface area (Å²) in [5.41, 5.74) is 1.18. The first-order valence-electron chi connectivity index (χ1n) is 8.22. The van der Waals surface area contributed by atoms with E-state index in [1.165, 1.54) is 10.5 Å². The van der Waals surface area contributed by atoms with Crippen LogP contribution in [0, 0.1) is 0 Å². The van der Waals surface area contributed by atoms with E-state index in [2.05, 4.69) is 36.2 Å².